The maximum absolute atomic E-state index is 6.03. The topological polar surface area (TPSA) is 42.7 Å². The Hall–Kier alpha value is -1.85. The Balaban J connectivity index is 1.76. The fourth-order valence-corrected chi connectivity index (χ4v) is 2.57. The third-order valence-electron chi connectivity index (χ3n) is 3.05. The van der Waals surface area contributed by atoms with Crippen molar-refractivity contribution in [3.63, 3.8) is 0 Å². The number of nitrogens with one attached hydrogen (secondary N) is 1. The third-order valence-corrected chi connectivity index (χ3v) is 4.06. The molecule has 2 aromatic carbocycles. The van der Waals surface area contributed by atoms with Crippen LogP contribution in [0.1, 0.15) is 5.56 Å². The first-order valence-electron chi connectivity index (χ1n) is 6.35. The van der Waals surface area contributed by atoms with E-state index < -0.39 is 0 Å². The fourth-order valence-electron chi connectivity index (χ4n) is 1.99. The van der Waals surface area contributed by atoms with Gasteiger partial charge in [-0.25, -0.2) is 0 Å². The average molecular weight is 364 g/mol. The van der Waals surface area contributed by atoms with Gasteiger partial charge in [-0.05, 0) is 42.0 Å². The lowest BCUT2D eigenvalue weighted by Gasteiger charge is -2.10. The second-order valence-corrected chi connectivity index (χ2v) is 5.80. The van der Waals surface area contributed by atoms with Gasteiger partial charge in [-0.2, -0.15) is 0 Å². The summed E-state index contributed by atoms with van der Waals surface area (Å²) in [6, 6.07) is 13.8. The third kappa shape index (κ3) is 3.43. The number of rotatable bonds is 4. The molecule has 0 amide bonds. The van der Waals surface area contributed by atoms with Gasteiger partial charge in [-0.15, -0.1) is 10.2 Å². The SMILES string of the molecule is Clc1ccc(Br)c(CNc2cccc(-n3cnnc3)c2)c1. The summed E-state index contributed by atoms with van der Waals surface area (Å²) in [5.74, 6) is 0. The number of benzene rings is 2. The fraction of sp³-hybridized carbons (Fsp3) is 0.0667. The number of anilines is 1. The Bertz CT molecular complexity index is 743. The minimum atomic E-state index is 0.687. The van der Waals surface area contributed by atoms with Crippen LogP contribution in [0.3, 0.4) is 0 Å². The first kappa shape index (κ1) is 14.1. The highest BCUT2D eigenvalue weighted by Gasteiger charge is 2.02. The van der Waals surface area contributed by atoms with Crippen LogP contribution in [-0.2, 0) is 6.54 Å². The van der Waals surface area contributed by atoms with Crippen molar-refractivity contribution in [2.24, 2.45) is 0 Å². The number of hydrogen-bond acceptors (Lipinski definition) is 3. The number of aromatic nitrogens is 3. The van der Waals surface area contributed by atoms with E-state index in [1.54, 1.807) is 12.7 Å². The molecule has 6 heteroatoms. The molecule has 0 radical (unpaired) electrons. The van der Waals surface area contributed by atoms with Crippen LogP contribution in [0.15, 0.2) is 59.6 Å². The molecule has 0 saturated carbocycles. The molecule has 0 fully saturated rings. The highest BCUT2D eigenvalue weighted by atomic mass is 79.9. The van der Waals surface area contributed by atoms with Gasteiger partial charge in [0.2, 0.25) is 0 Å². The Labute approximate surface area is 135 Å². The zero-order valence-corrected chi connectivity index (χ0v) is 13.3. The highest BCUT2D eigenvalue weighted by molar-refractivity contribution is 9.10. The molecule has 0 aliphatic heterocycles. The van der Waals surface area contributed by atoms with E-state index in [4.69, 9.17) is 11.6 Å². The van der Waals surface area contributed by atoms with Crippen LogP contribution in [0.4, 0.5) is 5.69 Å². The predicted octanol–water partition coefficient (Wildman–Crippen LogP) is 4.30. The van der Waals surface area contributed by atoms with Gasteiger partial charge < -0.3 is 5.32 Å². The van der Waals surface area contributed by atoms with Crippen LogP contribution in [-0.4, -0.2) is 14.8 Å². The first-order valence-corrected chi connectivity index (χ1v) is 7.52. The lowest BCUT2D eigenvalue weighted by Crippen LogP contribution is -2.01. The average Bonchev–Trinajstić information content (AvgIpc) is 3.03. The summed E-state index contributed by atoms with van der Waals surface area (Å²) in [4.78, 5) is 0. The van der Waals surface area contributed by atoms with Crippen LogP contribution in [0.5, 0.6) is 0 Å². The Kier molecular flexibility index (Phi) is 4.22. The number of halogens is 2. The first-order chi connectivity index (χ1) is 10.2. The molecular formula is C15H12BrClN4. The van der Waals surface area contributed by atoms with E-state index in [0.29, 0.717) is 6.54 Å². The number of nitrogens with zero attached hydrogens (tertiary/aromatic N) is 3. The molecule has 3 rings (SSSR count). The molecule has 0 spiro atoms. The quantitative estimate of drug-likeness (QED) is 0.751. The zero-order valence-electron chi connectivity index (χ0n) is 11.0. The van der Waals surface area contributed by atoms with Crippen molar-refractivity contribution in [3.8, 4) is 5.69 Å². The molecule has 0 unspecified atom stereocenters. The molecule has 4 nitrogen and oxygen atoms in total. The molecule has 0 atom stereocenters. The van der Waals surface area contributed by atoms with Crippen molar-refractivity contribution in [2.45, 2.75) is 6.54 Å². The standard InChI is InChI=1S/C15H12BrClN4/c16-15-5-4-12(17)6-11(15)8-18-13-2-1-3-14(7-13)21-9-19-20-10-21/h1-7,9-10,18H,8H2. The van der Waals surface area contributed by atoms with E-state index in [2.05, 4.69) is 31.4 Å². The minimum Gasteiger partial charge on any atom is -0.381 e. The van der Waals surface area contributed by atoms with E-state index in [-0.39, 0.29) is 0 Å². The summed E-state index contributed by atoms with van der Waals surface area (Å²) in [5, 5.41) is 11.7. The van der Waals surface area contributed by atoms with Gasteiger partial charge in [-0.3, -0.25) is 4.57 Å². The molecule has 3 aromatic rings. The second-order valence-electron chi connectivity index (χ2n) is 4.51. The smallest absolute Gasteiger partial charge is 0.123 e. The molecule has 0 aliphatic rings. The summed E-state index contributed by atoms with van der Waals surface area (Å²) in [6.07, 6.45) is 3.35. The second kappa shape index (κ2) is 6.28. The monoisotopic (exact) mass is 362 g/mol. The van der Waals surface area contributed by atoms with Gasteiger partial charge in [0.05, 0.1) is 5.69 Å². The minimum absolute atomic E-state index is 0.687. The van der Waals surface area contributed by atoms with Crippen molar-refractivity contribution in [2.75, 3.05) is 5.32 Å². The summed E-state index contributed by atoms with van der Waals surface area (Å²) in [7, 11) is 0. The van der Waals surface area contributed by atoms with Crippen LogP contribution in [0, 0.1) is 0 Å². The highest BCUT2D eigenvalue weighted by Crippen LogP contribution is 2.22. The normalized spacial score (nSPS) is 10.6. The molecule has 106 valence electrons. The van der Waals surface area contributed by atoms with E-state index in [9.17, 15) is 0 Å². The van der Waals surface area contributed by atoms with Gasteiger partial charge in [0.25, 0.3) is 0 Å². The predicted molar refractivity (Wildman–Crippen MR) is 87.8 cm³/mol. The lowest BCUT2D eigenvalue weighted by atomic mass is 10.2. The van der Waals surface area contributed by atoms with Crippen LogP contribution in [0.2, 0.25) is 5.02 Å². The molecule has 1 heterocycles. The molecule has 0 aliphatic carbocycles. The van der Waals surface area contributed by atoms with Crippen molar-refractivity contribution < 1.29 is 0 Å². The van der Waals surface area contributed by atoms with Gasteiger partial charge >= 0.3 is 0 Å². The van der Waals surface area contributed by atoms with E-state index >= 15 is 0 Å². The number of hydrogen-bond donors (Lipinski definition) is 1. The molecule has 0 saturated heterocycles. The molecule has 1 N–H and O–H groups in total. The lowest BCUT2D eigenvalue weighted by molar-refractivity contribution is 1.05. The van der Waals surface area contributed by atoms with E-state index in [1.165, 1.54) is 0 Å². The molecule has 1 aromatic heterocycles. The molecule has 21 heavy (non-hydrogen) atoms. The van der Waals surface area contributed by atoms with E-state index in [1.807, 2.05) is 47.0 Å². The summed E-state index contributed by atoms with van der Waals surface area (Å²) in [5.41, 5.74) is 3.14. The van der Waals surface area contributed by atoms with Gasteiger partial charge in [0.1, 0.15) is 12.7 Å². The van der Waals surface area contributed by atoms with Gasteiger partial charge in [0.15, 0.2) is 0 Å². The summed E-state index contributed by atoms with van der Waals surface area (Å²) < 4.78 is 2.90. The Morgan fingerprint density at radius 2 is 1.90 bits per heavy atom. The van der Waals surface area contributed by atoms with Gasteiger partial charge in [-0.1, -0.05) is 33.6 Å². The van der Waals surface area contributed by atoms with Crippen LogP contribution in [0.25, 0.3) is 5.69 Å². The maximum Gasteiger partial charge on any atom is 0.123 e. The maximum atomic E-state index is 6.03. The van der Waals surface area contributed by atoms with Gasteiger partial charge in [0, 0.05) is 21.7 Å². The largest absolute Gasteiger partial charge is 0.381 e. The van der Waals surface area contributed by atoms with Crippen molar-refractivity contribution in [3.05, 3.63) is 70.2 Å². The molecule has 0 bridgehead atoms. The molecular weight excluding hydrogens is 352 g/mol. The van der Waals surface area contributed by atoms with Crippen molar-refractivity contribution in [1.82, 2.24) is 14.8 Å². The summed E-state index contributed by atoms with van der Waals surface area (Å²) in [6.45, 7) is 0.687. The Morgan fingerprint density at radius 1 is 1.10 bits per heavy atom. The Morgan fingerprint density at radius 3 is 2.71 bits per heavy atom. The van der Waals surface area contributed by atoms with Crippen molar-refractivity contribution >= 4 is 33.2 Å². The van der Waals surface area contributed by atoms with Crippen LogP contribution >= 0.6 is 27.5 Å². The zero-order chi connectivity index (χ0) is 14.7. The van der Waals surface area contributed by atoms with E-state index in [0.717, 1.165) is 26.4 Å². The summed E-state index contributed by atoms with van der Waals surface area (Å²) >= 11 is 9.56. The van der Waals surface area contributed by atoms with Crippen molar-refractivity contribution in [1.29, 1.82) is 0 Å². The van der Waals surface area contributed by atoms with Crippen LogP contribution < -0.4 is 5.32 Å².